The predicted molar refractivity (Wildman–Crippen MR) is 131 cm³/mol. The van der Waals surface area contributed by atoms with Gasteiger partial charge in [-0.05, 0) is 41.2 Å². The highest BCUT2D eigenvalue weighted by atomic mass is 32.1. The van der Waals surface area contributed by atoms with E-state index < -0.39 is 0 Å². The van der Waals surface area contributed by atoms with Crippen LogP contribution in [0, 0.1) is 11.3 Å². The fourth-order valence-corrected chi connectivity index (χ4v) is 5.25. The topological polar surface area (TPSA) is 95.3 Å². The number of benzene rings is 1. The Bertz CT molecular complexity index is 1190. The molecule has 1 atom stereocenters. The number of ether oxygens (including phenoxy) is 1. The van der Waals surface area contributed by atoms with Crippen molar-refractivity contribution in [3.05, 3.63) is 82.0 Å². The lowest BCUT2D eigenvalue weighted by Crippen LogP contribution is -2.36. The first-order chi connectivity index (χ1) is 16.5. The standard InChI is InChI=1S/C26H26N4O3S/c1-18(20-5-3-2-4-6-20)15-24(31)29-25-22(16-27)21-9-13-30(17-23(21)34-25)26(32)33-14-10-19-7-11-28-12-8-19/h2-8,11-12,18H,9-10,13-15,17H2,1H3,(H,29,31). The summed E-state index contributed by atoms with van der Waals surface area (Å²) < 4.78 is 5.45. The van der Waals surface area contributed by atoms with Crippen molar-refractivity contribution in [3.63, 3.8) is 0 Å². The Morgan fingerprint density at radius 3 is 2.74 bits per heavy atom. The van der Waals surface area contributed by atoms with E-state index in [0.717, 1.165) is 21.6 Å². The van der Waals surface area contributed by atoms with Crippen LogP contribution in [0.15, 0.2) is 54.9 Å². The molecule has 4 rings (SSSR count). The number of nitrogens with one attached hydrogen (secondary N) is 1. The van der Waals surface area contributed by atoms with Crippen molar-refractivity contribution in [2.75, 3.05) is 18.5 Å². The number of carbonyl (C=O) groups is 2. The van der Waals surface area contributed by atoms with Crippen molar-refractivity contribution in [3.8, 4) is 6.07 Å². The van der Waals surface area contributed by atoms with Gasteiger partial charge in [0.25, 0.3) is 0 Å². The molecule has 2 aromatic heterocycles. The van der Waals surface area contributed by atoms with E-state index >= 15 is 0 Å². The van der Waals surface area contributed by atoms with E-state index in [4.69, 9.17) is 4.74 Å². The molecule has 3 heterocycles. The molecule has 0 aliphatic carbocycles. The number of carbonyl (C=O) groups excluding carboxylic acids is 2. The molecule has 1 aliphatic rings. The SMILES string of the molecule is CC(CC(=O)Nc1sc2c(c1C#N)CCN(C(=O)OCCc1ccncc1)C2)c1ccccc1. The number of rotatable bonds is 7. The van der Waals surface area contributed by atoms with Crippen LogP contribution in [0.5, 0.6) is 0 Å². The number of fused-ring (bicyclic) bond motifs is 1. The van der Waals surface area contributed by atoms with E-state index in [-0.39, 0.29) is 17.9 Å². The van der Waals surface area contributed by atoms with Gasteiger partial charge in [0.1, 0.15) is 11.1 Å². The molecular weight excluding hydrogens is 448 g/mol. The number of thiophene rings is 1. The maximum atomic E-state index is 12.7. The van der Waals surface area contributed by atoms with Crippen molar-refractivity contribution in [2.24, 2.45) is 0 Å². The molecule has 1 N–H and O–H groups in total. The van der Waals surface area contributed by atoms with E-state index in [2.05, 4.69) is 16.4 Å². The molecule has 0 spiro atoms. The van der Waals surface area contributed by atoms with Gasteiger partial charge in [-0.2, -0.15) is 5.26 Å². The third-order valence-corrected chi connectivity index (χ3v) is 7.04. The maximum Gasteiger partial charge on any atom is 0.410 e. The number of anilines is 1. The monoisotopic (exact) mass is 474 g/mol. The van der Waals surface area contributed by atoms with Crippen molar-refractivity contribution < 1.29 is 14.3 Å². The fraction of sp³-hybridized carbons (Fsp3) is 0.308. The van der Waals surface area contributed by atoms with Crippen molar-refractivity contribution in [1.82, 2.24) is 9.88 Å². The number of hydrogen-bond donors (Lipinski definition) is 1. The summed E-state index contributed by atoms with van der Waals surface area (Å²) in [5.41, 5.74) is 3.58. The molecule has 174 valence electrons. The largest absolute Gasteiger partial charge is 0.449 e. The molecule has 34 heavy (non-hydrogen) atoms. The van der Waals surface area contributed by atoms with Gasteiger partial charge >= 0.3 is 6.09 Å². The minimum absolute atomic E-state index is 0.0683. The van der Waals surface area contributed by atoms with Crippen LogP contribution in [0.25, 0.3) is 0 Å². The molecule has 0 radical (unpaired) electrons. The average molecular weight is 475 g/mol. The first-order valence-electron chi connectivity index (χ1n) is 11.2. The van der Waals surface area contributed by atoms with E-state index in [1.807, 2.05) is 49.4 Å². The summed E-state index contributed by atoms with van der Waals surface area (Å²) in [6.45, 7) is 3.16. The van der Waals surface area contributed by atoms with Crippen LogP contribution in [0.3, 0.4) is 0 Å². The molecule has 1 aromatic carbocycles. The predicted octanol–water partition coefficient (Wildman–Crippen LogP) is 4.88. The molecular formula is C26H26N4O3S. The second-order valence-electron chi connectivity index (χ2n) is 8.28. The summed E-state index contributed by atoms with van der Waals surface area (Å²) in [6, 6.07) is 15.9. The quantitative estimate of drug-likeness (QED) is 0.526. The first-order valence-corrected chi connectivity index (χ1v) is 12.1. The Morgan fingerprint density at radius 2 is 2.00 bits per heavy atom. The van der Waals surface area contributed by atoms with Gasteiger partial charge in [-0.25, -0.2) is 4.79 Å². The second kappa shape index (κ2) is 10.9. The third-order valence-electron chi connectivity index (χ3n) is 5.91. The summed E-state index contributed by atoms with van der Waals surface area (Å²) in [6.07, 6.45) is 4.58. The second-order valence-corrected chi connectivity index (χ2v) is 9.38. The lowest BCUT2D eigenvalue weighted by atomic mass is 9.97. The van der Waals surface area contributed by atoms with E-state index in [1.54, 1.807) is 17.3 Å². The highest BCUT2D eigenvalue weighted by Gasteiger charge is 2.28. The van der Waals surface area contributed by atoms with Crippen LogP contribution in [-0.2, 0) is 28.9 Å². The summed E-state index contributed by atoms with van der Waals surface area (Å²) in [5, 5.41) is 13.2. The molecule has 0 saturated heterocycles. The van der Waals surface area contributed by atoms with Crippen molar-refractivity contribution in [2.45, 2.75) is 38.6 Å². The number of hydrogen-bond acceptors (Lipinski definition) is 6. The van der Waals surface area contributed by atoms with Gasteiger partial charge in [-0.15, -0.1) is 11.3 Å². The Morgan fingerprint density at radius 1 is 1.24 bits per heavy atom. The van der Waals surface area contributed by atoms with Crippen LogP contribution in [0.4, 0.5) is 9.80 Å². The molecule has 1 unspecified atom stereocenters. The molecule has 1 aliphatic heterocycles. The van der Waals surface area contributed by atoms with E-state index in [1.165, 1.54) is 11.3 Å². The summed E-state index contributed by atoms with van der Waals surface area (Å²) in [4.78, 5) is 31.8. The average Bonchev–Trinajstić information content (AvgIpc) is 3.20. The number of pyridine rings is 1. The Balaban J connectivity index is 1.35. The molecule has 2 amide bonds. The number of nitrogens with zero attached hydrogens (tertiary/aromatic N) is 3. The maximum absolute atomic E-state index is 12.7. The number of amides is 2. The van der Waals surface area contributed by atoms with Gasteiger partial charge in [-0.1, -0.05) is 37.3 Å². The van der Waals surface area contributed by atoms with Gasteiger partial charge in [-0.3, -0.25) is 9.78 Å². The Kier molecular flexibility index (Phi) is 7.55. The zero-order valence-electron chi connectivity index (χ0n) is 19.0. The number of aromatic nitrogens is 1. The third kappa shape index (κ3) is 5.61. The van der Waals surface area contributed by atoms with E-state index in [0.29, 0.717) is 49.5 Å². The highest BCUT2D eigenvalue weighted by Crippen LogP contribution is 2.37. The summed E-state index contributed by atoms with van der Waals surface area (Å²) >= 11 is 1.37. The minimum atomic E-state index is -0.367. The van der Waals surface area contributed by atoms with Crippen molar-refractivity contribution in [1.29, 1.82) is 5.26 Å². The van der Waals surface area contributed by atoms with Crippen LogP contribution in [0.2, 0.25) is 0 Å². The minimum Gasteiger partial charge on any atom is -0.449 e. The normalized spacial score (nSPS) is 13.5. The molecule has 0 bridgehead atoms. The summed E-state index contributed by atoms with van der Waals surface area (Å²) in [5.74, 6) is -0.0578. The Labute approximate surface area is 203 Å². The smallest absolute Gasteiger partial charge is 0.410 e. The van der Waals surface area contributed by atoms with Crippen molar-refractivity contribution >= 4 is 28.3 Å². The van der Waals surface area contributed by atoms with Gasteiger partial charge in [0, 0.05) is 36.7 Å². The molecule has 8 heteroatoms. The molecule has 0 saturated carbocycles. The summed E-state index contributed by atoms with van der Waals surface area (Å²) in [7, 11) is 0. The van der Waals surface area contributed by atoms with E-state index in [9.17, 15) is 14.9 Å². The lowest BCUT2D eigenvalue weighted by Gasteiger charge is -2.26. The van der Waals surface area contributed by atoms with Crippen LogP contribution in [0.1, 0.15) is 46.4 Å². The van der Waals surface area contributed by atoms with Crippen LogP contribution < -0.4 is 5.32 Å². The first kappa shape index (κ1) is 23.5. The molecule has 3 aromatic rings. The van der Waals surface area contributed by atoms with Gasteiger partial charge in [0.15, 0.2) is 0 Å². The number of nitriles is 1. The molecule has 0 fully saturated rings. The van der Waals surface area contributed by atoms with Gasteiger partial charge in [0.05, 0.1) is 18.7 Å². The van der Waals surface area contributed by atoms with Gasteiger partial charge in [0.2, 0.25) is 5.91 Å². The van der Waals surface area contributed by atoms with Gasteiger partial charge < -0.3 is 15.0 Å². The zero-order valence-corrected chi connectivity index (χ0v) is 19.8. The highest BCUT2D eigenvalue weighted by molar-refractivity contribution is 7.16. The fourth-order valence-electron chi connectivity index (χ4n) is 4.02. The molecule has 7 nitrogen and oxygen atoms in total. The lowest BCUT2D eigenvalue weighted by molar-refractivity contribution is -0.116. The Hall–Kier alpha value is -3.70. The van der Waals surface area contributed by atoms with Crippen LogP contribution in [-0.4, -0.2) is 35.0 Å². The van der Waals surface area contributed by atoms with Crippen LogP contribution >= 0.6 is 11.3 Å². The zero-order chi connectivity index (χ0) is 23.9.